The molecule has 2 aromatic rings. The van der Waals surface area contributed by atoms with Crippen molar-refractivity contribution in [2.45, 2.75) is 12.3 Å². The standard InChI is InChI=1S/C17H16O3/c1-20-16(18)12-15(13-8-4-2-5-9-13)17(19)14-10-6-3-7-11-14/h2-11,15H,12H2,1H3. The summed E-state index contributed by atoms with van der Waals surface area (Å²) in [7, 11) is 1.33. The van der Waals surface area contributed by atoms with Crippen LogP contribution >= 0.6 is 0 Å². The minimum absolute atomic E-state index is 0.0498. The number of rotatable bonds is 5. The lowest BCUT2D eigenvalue weighted by molar-refractivity contribution is -0.140. The Morgan fingerprint density at radius 1 is 0.950 bits per heavy atom. The summed E-state index contributed by atoms with van der Waals surface area (Å²) in [5.41, 5.74) is 1.43. The third-order valence-electron chi connectivity index (χ3n) is 3.18. The molecule has 3 nitrogen and oxygen atoms in total. The lowest BCUT2D eigenvalue weighted by Gasteiger charge is -2.15. The van der Waals surface area contributed by atoms with Gasteiger partial charge in [0.1, 0.15) is 0 Å². The quantitative estimate of drug-likeness (QED) is 0.617. The molecule has 0 saturated carbocycles. The van der Waals surface area contributed by atoms with Crippen LogP contribution in [0, 0.1) is 0 Å². The summed E-state index contributed by atoms with van der Waals surface area (Å²) >= 11 is 0. The number of benzene rings is 2. The Labute approximate surface area is 118 Å². The minimum atomic E-state index is -0.508. The molecule has 2 aromatic carbocycles. The van der Waals surface area contributed by atoms with Gasteiger partial charge in [-0.25, -0.2) is 0 Å². The van der Waals surface area contributed by atoms with E-state index in [0.29, 0.717) is 5.56 Å². The van der Waals surface area contributed by atoms with Gasteiger partial charge in [-0.1, -0.05) is 60.7 Å². The number of hydrogen-bond donors (Lipinski definition) is 0. The minimum Gasteiger partial charge on any atom is -0.469 e. The maximum absolute atomic E-state index is 12.6. The predicted molar refractivity (Wildman–Crippen MR) is 76.6 cm³/mol. The fourth-order valence-electron chi connectivity index (χ4n) is 2.10. The van der Waals surface area contributed by atoms with E-state index in [1.165, 1.54) is 7.11 Å². The van der Waals surface area contributed by atoms with Crippen molar-refractivity contribution in [3.05, 3.63) is 71.8 Å². The van der Waals surface area contributed by atoms with E-state index in [1.807, 2.05) is 48.5 Å². The van der Waals surface area contributed by atoms with Crippen LogP contribution in [0.4, 0.5) is 0 Å². The third kappa shape index (κ3) is 3.32. The zero-order chi connectivity index (χ0) is 14.4. The Kier molecular flexibility index (Phi) is 4.66. The Morgan fingerprint density at radius 2 is 1.50 bits per heavy atom. The van der Waals surface area contributed by atoms with Gasteiger partial charge >= 0.3 is 5.97 Å². The summed E-state index contributed by atoms with van der Waals surface area (Å²) < 4.78 is 4.70. The van der Waals surface area contributed by atoms with Gasteiger partial charge in [-0.2, -0.15) is 0 Å². The molecule has 0 aliphatic rings. The van der Waals surface area contributed by atoms with E-state index in [4.69, 9.17) is 4.74 Å². The van der Waals surface area contributed by atoms with Crippen molar-refractivity contribution in [1.29, 1.82) is 0 Å². The summed E-state index contributed by atoms with van der Waals surface area (Å²) in [6.45, 7) is 0. The van der Waals surface area contributed by atoms with E-state index >= 15 is 0 Å². The lowest BCUT2D eigenvalue weighted by atomic mass is 9.88. The largest absolute Gasteiger partial charge is 0.469 e. The van der Waals surface area contributed by atoms with Crippen molar-refractivity contribution in [3.8, 4) is 0 Å². The normalized spacial score (nSPS) is 11.7. The van der Waals surface area contributed by atoms with Crippen LogP contribution in [0.3, 0.4) is 0 Å². The van der Waals surface area contributed by atoms with Gasteiger partial charge < -0.3 is 4.74 Å². The van der Waals surface area contributed by atoms with Gasteiger partial charge in [-0.05, 0) is 5.56 Å². The number of ketones is 1. The van der Waals surface area contributed by atoms with Crippen LogP contribution in [0.5, 0.6) is 0 Å². The van der Waals surface area contributed by atoms with Crippen LogP contribution < -0.4 is 0 Å². The Balaban J connectivity index is 2.32. The van der Waals surface area contributed by atoms with E-state index in [9.17, 15) is 9.59 Å². The van der Waals surface area contributed by atoms with Gasteiger partial charge in [0.2, 0.25) is 0 Å². The second kappa shape index (κ2) is 6.66. The molecular formula is C17H16O3. The summed E-state index contributed by atoms with van der Waals surface area (Å²) in [5, 5.41) is 0. The Bertz CT molecular complexity index is 576. The molecule has 0 N–H and O–H groups in total. The molecule has 102 valence electrons. The number of carbonyl (C=O) groups is 2. The predicted octanol–water partition coefficient (Wildman–Crippen LogP) is 3.22. The fraction of sp³-hybridized carbons (Fsp3) is 0.176. The second-order valence-corrected chi connectivity index (χ2v) is 4.47. The van der Waals surface area contributed by atoms with Crippen LogP contribution in [-0.4, -0.2) is 18.9 Å². The maximum Gasteiger partial charge on any atom is 0.306 e. The highest BCUT2D eigenvalue weighted by atomic mass is 16.5. The van der Waals surface area contributed by atoms with Crippen molar-refractivity contribution >= 4 is 11.8 Å². The number of carbonyl (C=O) groups excluding carboxylic acids is 2. The molecule has 0 fully saturated rings. The first kappa shape index (κ1) is 14.0. The van der Waals surface area contributed by atoms with E-state index < -0.39 is 5.92 Å². The molecule has 0 aliphatic carbocycles. The molecule has 0 spiro atoms. The van der Waals surface area contributed by atoms with Crippen molar-refractivity contribution in [1.82, 2.24) is 0 Å². The SMILES string of the molecule is COC(=O)CC(C(=O)c1ccccc1)c1ccccc1. The van der Waals surface area contributed by atoms with Gasteiger partial charge in [-0.3, -0.25) is 9.59 Å². The van der Waals surface area contributed by atoms with E-state index in [1.54, 1.807) is 12.1 Å². The van der Waals surface area contributed by atoms with Crippen LogP contribution in [0.1, 0.15) is 28.3 Å². The molecule has 1 atom stereocenters. The van der Waals surface area contributed by atoms with Gasteiger partial charge in [0.15, 0.2) is 5.78 Å². The molecule has 0 bridgehead atoms. The molecule has 0 radical (unpaired) electrons. The number of esters is 1. The number of Topliss-reactive ketones (excluding diaryl/α,β-unsaturated/α-hetero) is 1. The summed E-state index contributed by atoms with van der Waals surface area (Å²) in [4.78, 5) is 24.1. The van der Waals surface area contributed by atoms with Gasteiger partial charge in [0.25, 0.3) is 0 Å². The Morgan fingerprint density at radius 3 is 2.05 bits per heavy atom. The van der Waals surface area contributed by atoms with Crippen LogP contribution in [0.15, 0.2) is 60.7 Å². The zero-order valence-electron chi connectivity index (χ0n) is 11.3. The molecule has 0 aromatic heterocycles. The zero-order valence-corrected chi connectivity index (χ0v) is 11.3. The smallest absolute Gasteiger partial charge is 0.306 e. The van der Waals surface area contributed by atoms with Crippen molar-refractivity contribution in [2.24, 2.45) is 0 Å². The van der Waals surface area contributed by atoms with Crippen LogP contribution in [0.2, 0.25) is 0 Å². The third-order valence-corrected chi connectivity index (χ3v) is 3.18. The fourth-order valence-corrected chi connectivity index (χ4v) is 2.10. The van der Waals surface area contributed by atoms with Crippen LogP contribution in [0.25, 0.3) is 0 Å². The van der Waals surface area contributed by atoms with Crippen LogP contribution in [-0.2, 0) is 9.53 Å². The van der Waals surface area contributed by atoms with Crippen molar-refractivity contribution < 1.29 is 14.3 Å². The number of hydrogen-bond acceptors (Lipinski definition) is 3. The molecule has 2 rings (SSSR count). The first-order valence-corrected chi connectivity index (χ1v) is 6.43. The molecular weight excluding hydrogens is 252 g/mol. The lowest BCUT2D eigenvalue weighted by Crippen LogP contribution is -2.17. The first-order chi connectivity index (χ1) is 9.72. The molecule has 0 saturated heterocycles. The van der Waals surface area contributed by atoms with E-state index in [2.05, 4.69) is 0 Å². The average Bonchev–Trinajstić information content (AvgIpc) is 2.53. The highest BCUT2D eigenvalue weighted by Crippen LogP contribution is 2.24. The topological polar surface area (TPSA) is 43.4 Å². The highest BCUT2D eigenvalue weighted by Gasteiger charge is 2.25. The van der Waals surface area contributed by atoms with E-state index in [-0.39, 0.29) is 18.2 Å². The molecule has 0 amide bonds. The Hall–Kier alpha value is -2.42. The van der Waals surface area contributed by atoms with Gasteiger partial charge in [0.05, 0.1) is 19.4 Å². The molecule has 3 heteroatoms. The molecule has 0 aliphatic heterocycles. The monoisotopic (exact) mass is 268 g/mol. The van der Waals surface area contributed by atoms with Gasteiger partial charge in [-0.15, -0.1) is 0 Å². The average molecular weight is 268 g/mol. The van der Waals surface area contributed by atoms with Crippen molar-refractivity contribution in [2.75, 3.05) is 7.11 Å². The van der Waals surface area contributed by atoms with Crippen molar-refractivity contribution in [3.63, 3.8) is 0 Å². The summed E-state index contributed by atoms with van der Waals surface area (Å²) in [6, 6.07) is 18.3. The second-order valence-electron chi connectivity index (χ2n) is 4.47. The summed E-state index contributed by atoms with van der Waals surface area (Å²) in [5.74, 6) is -0.962. The molecule has 20 heavy (non-hydrogen) atoms. The molecule has 1 unspecified atom stereocenters. The summed E-state index contributed by atoms with van der Waals surface area (Å²) in [6.07, 6.45) is 0.0498. The maximum atomic E-state index is 12.6. The van der Waals surface area contributed by atoms with E-state index in [0.717, 1.165) is 5.56 Å². The number of methoxy groups -OCH3 is 1. The van der Waals surface area contributed by atoms with Gasteiger partial charge in [0, 0.05) is 5.56 Å². The first-order valence-electron chi connectivity index (χ1n) is 6.43. The highest BCUT2D eigenvalue weighted by molar-refractivity contribution is 6.02. The number of ether oxygens (including phenoxy) is 1. The molecule has 0 heterocycles.